The standard InChI is InChI=1S/C11H11FO2/c1-14-7-5-9-8(10(12)6-7)3-2-4-11(9)13/h5-6H,2-4H2,1H3. The molecule has 0 aromatic heterocycles. The first kappa shape index (κ1) is 9.19. The Hall–Kier alpha value is -1.38. The van der Waals surface area contributed by atoms with Crippen molar-refractivity contribution in [2.45, 2.75) is 19.3 Å². The summed E-state index contributed by atoms with van der Waals surface area (Å²) in [5.41, 5.74) is 1.04. The largest absolute Gasteiger partial charge is 0.497 e. The molecule has 1 aromatic carbocycles. The number of Topliss-reactive ketones (excluding diaryl/α,β-unsaturated/α-hetero) is 1. The second kappa shape index (κ2) is 3.40. The van der Waals surface area contributed by atoms with Crippen molar-refractivity contribution in [1.29, 1.82) is 0 Å². The molecule has 1 aliphatic rings. The molecule has 0 saturated heterocycles. The van der Waals surface area contributed by atoms with Crippen LogP contribution < -0.4 is 4.74 Å². The fourth-order valence-electron chi connectivity index (χ4n) is 1.79. The Morgan fingerprint density at radius 3 is 2.86 bits per heavy atom. The molecule has 1 aliphatic carbocycles. The smallest absolute Gasteiger partial charge is 0.163 e. The fraction of sp³-hybridized carbons (Fsp3) is 0.364. The molecule has 3 heteroatoms. The molecule has 0 fully saturated rings. The monoisotopic (exact) mass is 194 g/mol. The average Bonchev–Trinajstić information content (AvgIpc) is 2.19. The minimum Gasteiger partial charge on any atom is -0.497 e. The van der Waals surface area contributed by atoms with Gasteiger partial charge in [0.15, 0.2) is 5.78 Å². The van der Waals surface area contributed by atoms with Gasteiger partial charge in [-0.15, -0.1) is 0 Å². The van der Waals surface area contributed by atoms with Crippen molar-refractivity contribution in [3.05, 3.63) is 29.1 Å². The van der Waals surface area contributed by atoms with Crippen LogP contribution in [0.25, 0.3) is 0 Å². The summed E-state index contributed by atoms with van der Waals surface area (Å²) in [7, 11) is 1.47. The molecule has 0 spiro atoms. The number of carbonyl (C=O) groups is 1. The van der Waals surface area contributed by atoms with E-state index < -0.39 is 0 Å². The third-order valence-electron chi connectivity index (χ3n) is 2.54. The molecule has 14 heavy (non-hydrogen) atoms. The summed E-state index contributed by atoms with van der Waals surface area (Å²) in [6, 6.07) is 2.96. The summed E-state index contributed by atoms with van der Waals surface area (Å²) >= 11 is 0. The summed E-state index contributed by atoms with van der Waals surface area (Å²) < 4.78 is 18.4. The molecule has 0 aliphatic heterocycles. The zero-order chi connectivity index (χ0) is 10.1. The minimum absolute atomic E-state index is 0.0176. The number of methoxy groups -OCH3 is 1. The maximum absolute atomic E-state index is 13.5. The van der Waals surface area contributed by atoms with Crippen LogP contribution in [-0.2, 0) is 6.42 Å². The minimum atomic E-state index is -0.326. The second-order valence-electron chi connectivity index (χ2n) is 3.41. The number of benzene rings is 1. The van der Waals surface area contributed by atoms with Gasteiger partial charge < -0.3 is 4.74 Å². The Kier molecular flexibility index (Phi) is 2.23. The molecule has 2 rings (SSSR count). The van der Waals surface area contributed by atoms with Crippen molar-refractivity contribution in [3.8, 4) is 5.75 Å². The second-order valence-corrected chi connectivity index (χ2v) is 3.41. The predicted molar refractivity (Wildman–Crippen MR) is 50.2 cm³/mol. The van der Waals surface area contributed by atoms with Gasteiger partial charge in [-0.2, -0.15) is 0 Å². The first-order valence-corrected chi connectivity index (χ1v) is 4.62. The number of hydrogen-bond donors (Lipinski definition) is 0. The molecule has 0 N–H and O–H groups in total. The number of carbonyl (C=O) groups excluding carboxylic acids is 1. The summed E-state index contributed by atoms with van der Waals surface area (Å²) in [6.45, 7) is 0. The van der Waals surface area contributed by atoms with Gasteiger partial charge in [-0.05, 0) is 24.5 Å². The Morgan fingerprint density at radius 1 is 1.36 bits per heavy atom. The van der Waals surface area contributed by atoms with Crippen LogP contribution in [0.4, 0.5) is 4.39 Å². The third-order valence-corrected chi connectivity index (χ3v) is 2.54. The summed E-state index contributed by atoms with van der Waals surface area (Å²) in [4.78, 5) is 11.5. The van der Waals surface area contributed by atoms with Crippen molar-refractivity contribution in [2.24, 2.45) is 0 Å². The van der Waals surface area contributed by atoms with Crippen LogP contribution in [0.1, 0.15) is 28.8 Å². The zero-order valence-corrected chi connectivity index (χ0v) is 7.97. The van der Waals surface area contributed by atoms with E-state index in [2.05, 4.69) is 0 Å². The molecule has 2 nitrogen and oxygen atoms in total. The van der Waals surface area contributed by atoms with Crippen LogP contribution in [-0.4, -0.2) is 12.9 Å². The molecule has 0 radical (unpaired) electrons. The number of halogens is 1. The average molecular weight is 194 g/mol. The van der Waals surface area contributed by atoms with Crippen molar-refractivity contribution >= 4 is 5.78 Å². The normalized spacial score (nSPS) is 15.1. The van der Waals surface area contributed by atoms with Crippen LogP contribution in [0, 0.1) is 5.82 Å². The van der Waals surface area contributed by atoms with E-state index in [9.17, 15) is 9.18 Å². The highest BCUT2D eigenvalue weighted by atomic mass is 19.1. The lowest BCUT2D eigenvalue weighted by Crippen LogP contribution is -2.12. The highest BCUT2D eigenvalue weighted by molar-refractivity contribution is 5.98. The van der Waals surface area contributed by atoms with E-state index in [0.29, 0.717) is 29.7 Å². The van der Waals surface area contributed by atoms with E-state index >= 15 is 0 Å². The van der Waals surface area contributed by atoms with Gasteiger partial charge in [0.25, 0.3) is 0 Å². The number of ether oxygens (including phenoxy) is 1. The molecule has 1 aromatic rings. The molecule has 0 amide bonds. The molecular formula is C11H11FO2. The number of fused-ring (bicyclic) bond motifs is 1. The van der Waals surface area contributed by atoms with Crippen molar-refractivity contribution in [2.75, 3.05) is 7.11 Å². The van der Waals surface area contributed by atoms with E-state index in [-0.39, 0.29) is 11.6 Å². The molecule has 0 saturated carbocycles. The van der Waals surface area contributed by atoms with Gasteiger partial charge >= 0.3 is 0 Å². The number of hydrogen-bond acceptors (Lipinski definition) is 2. The maximum atomic E-state index is 13.5. The Labute approximate surface area is 81.7 Å². The van der Waals surface area contributed by atoms with Gasteiger partial charge in [0.1, 0.15) is 11.6 Å². The van der Waals surface area contributed by atoms with Crippen LogP contribution >= 0.6 is 0 Å². The van der Waals surface area contributed by atoms with E-state index in [1.807, 2.05) is 0 Å². The first-order valence-electron chi connectivity index (χ1n) is 4.62. The van der Waals surface area contributed by atoms with Crippen LogP contribution in [0.3, 0.4) is 0 Å². The fourth-order valence-corrected chi connectivity index (χ4v) is 1.79. The van der Waals surface area contributed by atoms with E-state index in [4.69, 9.17) is 4.74 Å². The summed E-state index contributed by atoms with van der Waals surface area (Å²) in [5, 5.41) is 0. The zero-order valence-electron chi connectivity index (χ0n) is 7.97. The van der Waals surface area contributed by atoms with E-state index in [1.165, 1.54) is 13.2 Å². The lowest BCUT2D eigenvalue weighted by atomic mass is 9.90. The summed E-state index contributed by atoms with van der Waals surface area (Å²) in [6.07, 6.45) is 1.91. The molecule has 74 valence electrons. The Bertz CT molecular complexity index is 385. The maximum Gasteiger partial charge on any atom is 0.163 e. The topological polar surface area (TPSA) is 26.3 Å². The molecular weight excluding hydrogens is 183 g/mol. The van der Waals surface area contributed by atoms with Gasteiger partial charge in [0.2, 0.25) is 0 Å². The Balaban J connectivity index is 2.57. The SMILES string of the molecule is COc1cc(F)c2c(c1)C(=O)CCC2. The number of ketones is 1. The third kappa shape index (κ3) is 1.39. The van der Waals surface area contributed by atoms with Crippen molar-refractivity contribution in [3.63, 3.8) is 0 Å². The highest BCUT2D eigenvalue weighted by Crippen LogP contribution is 2.27. The van der Waals surface area contributed by atoms with Gasteiger partial charge in [-0.3, -0.25) is 4.79 Å². The Morgan fingerprint density at radius 2 is 2.14 bits per heavy atom. The van der Waals surface area contributed by atoms with Gasteiger partial charge in [-0.1, -0.05) is 0 Å². The molecule has 0 heterocycles. The van der Waals surface area contributed by atoms with Crippen molar-refractivity contribution < 1.29 is 13.9 Å². The molecule has 0 atom stereocenters. The lowest BCUT2D eigenvalue weighted by Gasteiger charge is -2.16. The van der Waals surface area contributed by atoms with Crippen molar-refractivity contribution in [1.82, 2.24) is 0 Å². The van der Waals surface area contributed by atoms with E-state index in [1.54, 1.807) is 6.07 Å². The number of rotatable bonds is 1. The lowest BCUT2D eigenvalue weighted by molar-refractivity contribution is 0.0971. The van der Waals surface area contributed by atoms with Gasteiger partial charge in [-0.25, -0.2) is 4.39 Å². The van der Waals surface area contributed by atoms with E-state index in [0.717, 1.165) is 6.42 Å². The van der Waals surface area contributed by atoms with Crippen LogP contribution in [0.2, 0.25) is 0 Å². The quantitative estimate of drug-likeness (QED) is 0.686. The van der Waals surface area contributed by atoms with Crippen LogP contribution in [0.15, 0.2) is 12.1 Å². The first-order chi connectivity index (χ1) is 6.72. The van der Waals surface area contributed by atoms with Gasteiger partial charge in [0.05, 0.1) is 7.11 Å². The predicted octanol–water partition coefficient (Wildman–Crippen LogP) is 2.35. The molecule has 0 unspecified atom stereocenters. The van der Waals surface area contributed by atoms with Gasteiger partial charge in [0, 0.05) is 18.1 Å². The molecule has 0 bridgehead atoms. The van der Waals surface area contributed by atoms with Crippen LogP contribution in [0.5, 0.6) is 5.75 Å². The highest BCUT2D eigenvalue weighted by Gasteiger charge is 2.21. The summed E-state index contributed by atoms with van der Waals surface area (Å²) in [5.74, 6) is 0.105.